The molecule has 21 heavy (non-hydrogen) atoms. The summed E-state index contributed by atoms with van der Waals surface area (Å²) in [6.45, 7) is 7.16. The Hall–Kier alpha value is -0.910. The van der Waals surface area contributed by atoms with Crippen LogP contribution in [-0.2, 0) is 16.4 Å². The van der Waals surface area contributed by atoms with Crippen LogP contribution in [0.15, 0.2) is 29.2 Å². The van der Waals surface area contributed by atoms with Gasteiger partial charge < -0.3 is 5.73 Å². The first-order chi connectivity index (χ1) is 9.77. The zero-order valence-corrected chi connectivity index (χ0v) is 14.0. The number of aryl methyl sites for hydroxylation is 1. The van der Waals surface area contributed by atoms with Crippen LogP contribution in [0.5, 0.6) is 0 Å². The van der Waals surface area contributed by atoms with Gasteiger partial charge in [0.05, 0.1) is 4.90 Å². The van der Waals surface area contributed by atoms with Crippen molar-refractivity contribution in [1.29, 1.82) is 0 Å². The second-order valence-electron chi connectivity index (χ2n) is 6.62. The van der Waals surface area contributed by atoms with Gasteiger partial charge in [-0.2, -0.15) is 4.31 Å². The van der Waals surface area contributed by atoms with E-state index in [9.17, 15) is 8.42 Å². The summed E-state index contributed by atoms with van der Waals surface area (Å²) < 4.78 is 27.0. The maximum Gasteiger partial charge on any atom is 0.243 e. The first kappa shape index (κ1) is 16.5. The van der Waals surface area contributed by atoms with Gasteiger partial charge in [-0.25, -0.2) is 8.42 Å². The van der Waals surface area contributed by atoms with Crippen LogP contribution in [0.1, 0.15) is 39.2 Å². The number of benzene rings is 1. The van der Waals surface area contributed by atoms with Crippen molar-refractivity contribution in [2.45, 2.75) is 51.0 Å². The lowest BCUT2D eigenvalue weighted by atomic mass is 9.81. The normalized spacial score (nSPS) is 23.1. The molecule has 1 saturated heterocycles. The molecule has 0 bridgehead atoms. The molecule has 118 valence electrons. The van der Waals surface area contributed by atoms with Gasteiger partial charge >= 0.3 is 0 Å². The molecular formula is C16H26N2O2S. The number of rotatable bonds is 4. The lowest BCUT2D eigenvalue weighted by molar-refractivity contribution is 0.155. The second kappa shape index (κ2) is 6.07. The Balaban J connectivity index is 2.22. The summed E-state index contributed by atoms with van der Waals surface area (Å²) in [7, 11) is -3.41. The Bertz CT molecular complexity index is 579. The lowest BCUT2D eigenvalue weighted by Gasteiger charge is -2.41. The van der Waals surface area contributed by atoms with E-state index in [2.05, 4.69) is 6.92 Å². The molecule has 1 fully saturated rings. The fourth-order valence-corrected chi connectivity index (χ4v) is 4.42. The van der Waals surface area contributed by atoms with Crippen LogP contribution in [0.3, 0.4) is 0 Å². The minimum Gasteiger partial charge on any atom is -0.327 e. The van der Waals surface area contributed by atoms with Crippen molar-refractivity contribution in [2.75, 3.05) is 13.1 Å². The van der Waals surface area contributed by atoms with Crippen molar-refractivity contribution >= 4 is 10.0 Å². The molecule has 2 N–H and O–H groups in total. The first-order valence-corrected chi connectivity index (χ1v) is 9.06. The van der Waals surface area contributed by atoms with Crippen molar-refractivity contribution in [1.82, 2.24) is 4.31 Å². The molecule has 1 aliphatic heterocycles. The van der Waals surface area contributed by atoms with Crippen LogP contribution >= 0.6 is 0 Å². The van der Waals surface area contributed by atoms with E-state index < -0.39 is 10.0 Å². The molecule has 1 aromatic carbocycles. The van der Waals surface area contributed by atoms with Crippen molar-refractivity contribution in [2.24, 2.45) is 11.1 Å². The number of sulfonamides is 1. The molecule has 0 amide bonds. The van der Waals surface area contributed by atoms with E-state index in [1.165, 1.54) is 5.56 Å². The highest BCUT2D eigenvalue weighted by Gasteiger charge is 2.38. The third-order valence-corrected chi connectivity index (χ3v) is 6.24. The molecule has 1 atom stereocenters. The molecule has 2 rings (SSSR count). The number of nitrogens with zero attached hydrogens (tertiary/aromatic N) is 1. The molecule has 0 saturated carbocycles. The number of nitrogens with two attached hydrogens (primary N) is 1. The lowest BCUT2D eigenvalue weighted by Crippen LogP contribution is -2.53. The first-order valence-electron chi connectivity index (χ1n) is 7.62. The average molecular weight is 310 g/mol. The highest BCUT2D eigenvalue weighted by Crippen LogP contribution is 2.31. The topological polar surface area (TPSA) is 63.4 Å². The highest BCUT2D eigenvalue weighted by atomic mass is 32.2. The van der Waals surface area contributed by atoms with Gasteiger partial charge in [0.25, 0.3) is 0 Å². The smallest absolute Gasteiger partial charge is 0.243 e. The van der Waals surface area contributed by atoms with E-state index in [1.807, 2.05) is 26.0 Å². The van der Waals surface area contributed by atoms with Crippen LogP contribution in [0, 0.1) is 5.41 Å². The molecule has 0 aliphatic carbocycles. The number of hydrogen-bond acceptors (Lipinski definition) is 3. The van der Waals surface area contributed by atoms with E-state index in [1.54, 1.807) is 16.4 Å². The average Bonchev–Trinajstić information content (AvgIpc) is 2.42. The standard InChI is InChI=1S/C16H26N2O2S/c1-4-5-13-6-8-14(9-7-13)21(19,20)18-11-10-15(17)16(2,3)12-18/h6-9,15H,4-5,10-12,17H2,1-3H3. The van der Waals surface area contributed by atoms with E-state index in [0.29, 0.717) is 24.4 Å². The second-order valence-corrected chi connectivity index (χ2v) is 8.55. The fraction of sp³-hybridized carbons (Fsp3) is 0.625. The third-order valence-electron chi connectivity index (χ3n) is 4.38. The predicted molar refractivity (Wildman–Crippen MR) is 85.6 cm³/mol. The van der Waals surface area contributed by atoms with Crippen LogP contribution in [0.4, 0.5) is 0 Å². The molecule has 1 heterocycles. The van der Waals surface area contributed by atoms with Gasteiger partial charge in [0, 0.05) is 19.1 Å². The Morgan fingerprint density at radius 3 is 2.43 bits per heavy atom. The molecule has 5 heteroatoms. The fourth-order valence-electron chi connectivity index (χ4n) is 2.80. The maximum atomic E-state index is 12.7. The Morgan fingerprint density at radius 2 is 1.90 bits per heavy atom. The van der Waals surface area contributed by atoms with Gasteiger partial charge in [-0.1, -0.05) is 39.3 Å². The Kier molecular flexibility index (Phi) is 4.76. The summed E-state index contributed by atoms with van der Waals surface area (Å²) in [4.78, 5) is 0.383. The monoisotopic (exact) mass is 310 g/mol. The van der Waals surface area contributed by atoms with Gasteiger partial charge in [0.15, 0.2) is 0 Å². The molecule has 1 unspecified atom stereocenters. The van der Waals surface area contributed by atoms with Gasteiger partial charge in [0.1, 0.15) is 0 Å². The van der Waals surface area contributed by atoms with Gasteiger partial charge in [-0.3, -0.25) is 0 Å². The van der Waals surface area contributed by atoms with Gasteiger partial charge in [0.2, 0.25) is 10.0 Å². The van der Waals surface area contributed by atoms with Crippen molar-refractivity contribution < 1.29 is 8.42 Å². The highest BCUT2D eigenvalue weighted by molar-refractivity contribution is 7.89. The van der Waals surface area contributed by atoms with Crippen LogP contribution in [0.25, 0.3) is 0 Å². The van der Waals surface area contributed by atoms with Crippen LogP contribution in [0.2, 0.25) is 0 Å². The summed E-state index contributed by atoms with van der Waals surface area (Å²) in [5, 5.41) is 0. The summed E-state index contributed by atoms with van der Waals surface area (Å²) in [6.07, 6.45) is 2.75. The third kappa shape index (κ3) is 3.47. The molecule has 0 radical (unpaired) electrons. The SMILES string of the molecule is CCCc1ccc(S(=O)(=O)N2CCC(N)C(C)(C)C2)cc1. The molecule has 1 aliphatic rings. The van der Waals surface area contributed by atoms with Crippen LogP contribution < -0.4 is 5.73 Å². The maximum absolute atomic E-state index is 12.7. The minimum atomic E-state index is -3.41. The van der Waals surface area contributed by atoms with E-state index >= 15 is 0 Å². The molecule has 0 spiro atoms. The molecule has 0 aromatic heterocycles. The summed E-state index contributed by atoms with van der Waals surface area (Å²) in [6, 6.07) is 7.33. The summed E-state index contributed by atoms with van der Waals surface area (Å²) >= 11 is 0. The quantitative estimate of drug-likeness (QED) is 0.928. The number of hydrogen-bond donors (Lipinski definition) is 1. The summed E-state index contributed by atoms with van der Waals surface area (Å²) in [5.41, 5.74) is 7.08. The van der Waals surface area contributed by atoms with Crippen molar-refractivity contribution in [3.63, 3.8) is 0 Å². The largest absolute Gasteiger partial charge is 0.327 e. The molecule has 4 nitrogen and oxygen atoms in total. The summed E-state index contributed by atoms with van der Waals surface area (Å²) in [5.74, 6) is 0. The zero-order chi connectivity index (χ0) is 15.7. The Morgan fingerprint density at radius 1 is 1.29 bits per heavy atom. The van der Waals surface area contributed by atoms with Crippen molar-refractivity contribution in [3.05, 3.63) is 29.8 Å². The van der Waals surface area contributed by atoms with E-state index in [0.717, 1.165) is 12.8 Å². The zero-order valence-electron chi connectivity index (χ0n) is 13.2. The molecular weight excluding hydrogens is 284 g/mol. The van der Waals surface area contributed by atoms with Gasteiger partial charge in [-0.05, 0) is 36.0 Å². The minimum absolute atomic E-state index is 0.0517. The van der Waals surface area contributed by atoms with Gasteiger partial charge in [-0.15, -0.1) is 0 Å². The predicted octanol–water partition coefficient (Wildman–Crippen LogP) is 2.39. The van der Waals surface area contributed by atoms with E-state index in [-0.39, 0.29) is 11.5 Å². The van der Waals surface area contributed by atoms with Crippen molar-refractivity contribution in [3.8, 4) is 0 Å². The number of piperidine rings is 1. The Labute approximate surface area is 128 Å². The van der Waals surface area contributed by atoms with E-state index in [4.69, 9.17) is 5.73 Å². The molecule has 1 aromatic rings. The van der Waals surface area contributed by atoms with Crippen LogP contribution in [-0.4, -0.2) is 31.9 Å².